The topological polar surface area (TPSA) is 49.4 Å². The molecule has 1 aliphatic heterocycles. The van der Waals surface area contributed by atoms with Crippen LogP contribution in [0.3, 0.4) is 0 Å². The van der Waals surface area contributed by atoms with Crippen LogP contribution in [0.4, 0.5) is 5.69 Å². The summed E-state index contributed by atoms with van der Waals surface area (Å²) in [5.74, 6) is -1.05. The van der Waals surface area contributed by atoms with Gasteiger partial charge in [-0.05, 0) is 41.7 Å². The smallest absolute Gasteiger partial charge is 0.313 e. The first-order chi connectivity index (χ1) is 11.2. The second kappa shape index (κ2) is 6.65. The zero-order valence-electron chi connectivity index (χ0n) is 13.2. The highest BCUT2D eigenvalue weighted by molar-refractivity contribution is 6.39. The van der Waals surface area contributed by atoms with Gasteiger partial charge in [-0.2, -0.15) is 0 Å². The first-order valence-corrected chi connectivity index (χ1v) is 7.93. The number of rotatable bonds is 2. The van der Waals surface area contributed by atoms with Crippen LogP contribution in [0.15, 0.2) is 48.5 Å². The third kappa shape index (κ3) is 3.42. The maximum atomic E-state index is 12.3. The Morgan fingerprint density at radius 1 is 1.04 bits per heavy atom. The van der Waals surface area contributed by atoms with Crippen molar-refractivity contribution in [3.05, 3.63) is 65.2 Å². The van der Waals surface area contributed by atoms with Gasteiger partial charge in [0.05, 0.1) is 0 Å². The Morgan fingerprint density at radius 2 is 1.74 bits per heavy atom. The third-order valence-electron chi connectivity index (χ3n) is 4.23. The summed E-state index contributed by atoms with van der Waals surface area (Å²) in [6.07, 6.45) is 1.74. The molecule has 0 spiro atoms. The van der Waals surface area contributed by atoms with Crippen molar-refractivity contribution < 1.29 is 9.59 Å². The minimum Gasteiger partial charge on any atom is -0.330 e. The van der Waals surface area contributed by atoms with Gasteiger partial charge in [0.1, 0.15) is 0 Å². The van der Waals surface area contributed by atoms with E-state index in [0.29, 0.717) is 18.8 Å². The molecule has 0 atom stereocenters. The van der Waals surface area contributed by atoms with E-state index in [0.717, 1.165) is 18.4 Å². The summed E-state index contributed by atoms with van der Waals surface area (Å²) in [6.45, 7) is 3.15. The molecule has 0 saturated carbocycles. The zero-order valence-corrected chi connectivity index (χ0v) is 13.2. The van der Waals surface area contributed by atoms with Crippen molar-refractivity contribution in [2.24, 2.45) is 0 Å². The maximum absolute atomic E-state index is 12.3. The summed E-state index contributed by atoms with van der Waals surface area (Å²) in [5.41, 5.74) is 4.22. The summed E-state index contributed by atoms with van der Waals surface area (Å²) in [6, 6.07) is 15.6. The molecule has 1 aliphatic rings. The van der Waals surface area contributed by atoms with E-state index < -0.39 is 11.8 Å². The first-order valence-electron chi connectivity index (χ1n) is 7.93. The van der Waals surface area contributed by atoms with Crippen LogP contribution >= 0.6 is 0 Å². The van der Waals surface area contributed by atoms with E-state index in [4.69, 9.17) is 0 Å². The average molecular weight is 308 g/mol. The highest BCUT2D eigenvalue weighted by atomic mass is 16.2. The van der Waals surface area contributed by atoms with Gasteiger partial charge in [0.25, 0.3) is 0 Å². The minimum atomic E-state index is -0.575. The van der Waals surface area contributed by atoms with Gasteiger partial charge in [0.2, 0.25) is 0 Å². The summed E-state index contributed by atoms with van der Waals surface area (Å²) in [7, 11) is 0. The van der Waals surface area contributed by atoms with Crippen LogP contribution < -0.4 is 5.32 Å². The van der Waals surface area contributed by atoms with E-state index >= 15 is 0 Å². The average Bonchev–Trinajstić information content (AvgIpc) is 2.61. The molecule has 0 aromatic heterocycles. The van der Waals surface area contributed by atoms with Crippen molar-refractivity contribution in [2.45, 2.75) is 26.3 Å². The number of aryl methyl sites for hydroxylation is 1. The van der Waals surface area contributed by atoms with Crippen LogP contribution in [0.25, 0.3) is 0 Å². The van der Waals surface area contributed by atoms with Crippen LogP contribution in [-0.4, -0.2) is 23.3 Å². The highest BCUT2D eigenvalue weighted by Gasteiger charge is 2.25. The predicted molar refractivity (Wildman–Crippen MR) is 90.0 cm³/mol. The lowest BCUT2D eigenvalue weighted by Crippen LogP contribution is -2.42. The van der Waals surface area contributed by atoms with E-state index in [2.05, 4.69) is 18.3 Å². The molecule has 1 heterocycles. The number of nitrogens with one attached hydrogen (secondary N) is 1. The molecule has 4 heteroatoms. The van der Waals surface area contributed by atoms with Crippen molar-refractivity contribution >= 4 is 17.5 Å². The van der Waals surface area contributed by atoms with Crippen molar-refractivity contribution in [3.63, 3.8) is 0 Å². The molecule has 0 fully saturated rings. The fourth-order valence-electron chi connectivity index (χ4n) is 2.82. The van der Waals surface area contributed by atoms with Gasteiger partial charge in [0.15, 0.2) is 0 Å². The number of nitrogens with zero attached hydrogens (tertiary/aromatic N) is 1. The zero-order chi connectivity index (χ0) is 16.2. The fraction of sp³-hybridized carbons (Fsp3) is 0.263. The Balaban J connectivity index is 1.65. The molecular formula is C19H20N2O2. The second-order valence-corrected chi connectivity index (χ2v) is 5.75. The maximum Gasteiger partial charge on any atom is 0.313 e. The minimum absolute atomic E-state index is 0.473. The number of amides is 2. The molecule has 4 nitrogen and oxygen atoms in total. The Labute approximate surface area is 136 Å². The highest BCUT2D eigenvalue weighted by Crippen LogP contribution is 2.19. The summed E-state index contributed by atoms with van der Waals surface area (Å²) in [5, 5.41) is 2.68. The Morgan fingerprint density at radius 3 is 2.43 bits per heavy atom. The van der Waals surface area contributed by atoms with Gasteiger partial charge in [-0.1, -0.05) is 43.3 Å². The molecule has 0 aliphatic carbocycles. The van der Waals surface area contributed by atoms with Crippen LogP contribution in [0.5, 0.6) is 0 Å². The van der Waals surface area contributed by atoms with Gasteiger partial charge in [-0.15, -0.1) is 0 Å². The summed E-state index contributed by atoms with van der Waals surface area (Å²) >= 11 is 0. The molecule has 0 unspecified atom stereocenters. The van der Waals surface area contributed by atoms with Crippen molar-refractivity contribution in [1.82, 2.24) is 4.90 Å². The van der Waals surface area contributed by atoms with E-state index in [1.807, 2.05) is 42.5 Å². The lowest BCUT2D eigenvalue weighted by atomic mass is 10.00. The van der Waals surface area contributed by atoms with Gasteiger partial charge in [-0.25, -0.2) is 0 Å². The molecule has 2 aromatic carbocycles. The Bertz CT molecular complexity index is 722. The Hall–Kier alpha value is -2.62. The van der Waals surface area contributed by atoms with Gasteiger partial charge < -0.3 is 10.2 Å². The van der Waals surface area contributed by atoms with Crippen molar-refractivity contribution in [1.29, 1.82) is 0 Å². The normalized spacial score (nSPS) is 13.3. The van der Waals surface area contributed by atoms with Gasteiger partial charge in [0, 0.05) is 18.8 Å². The van der Waals surface area contributed by atoms with Crippen molar-refractivity contribution in [3.8, 4) is 0 Å². The van der Waals surface area contributed by atoms with E-state index in [9.17, 15) is 9.59 Å². The summed E-state index contributed by atoms with van der Waals surface area (Å²) in [4.78, 5) is 26.1. The first kappa shape index (κ1) is 15.3. The number of hydrogen-bond donors (Lipinski definition) is 1. The van der Waals surface area contributed by atoms with Crippen LogP contribution in [0, 0.1) is 0 Å². The Kier molecular flexibility index (Phi) is 4.42. The fourth-order valence-corrected chi connectivity index (χ4v) is 2.82. The number of anilines is 1. The lowest BCUT2D eigenvalue weighted by molar-refractivity contribution is -0.143. The molecule has 0 bridgehead atoms. The molecule has 118 valence electrons. The van der Waals surface area contributed by atoms with Crippen LogP contribution in [0.1, 0.15) is 23.6 Å². The molecule has 2 amide bonds. The van der Waals surface area contributed by atoms with Crippen molar-refractivity contribution in [2.75, 3.05) is 11.9 Å². The quantitative estimate of drug-likeness (QED) is 0.867. The number of benzene rings is 2. The number of carbonyl (C=O) groups excluding carboxylic acids is 2. The molecule has 3 rings (SSSR count). The monoisotopic (exact) mass is 308 g/mol. The summed E-state index contributed by atoms with van der Waals surface area (Å²) < 4.78 is 0. The number of hydrogen-bond acceptors (Lipinski definition) is 2. The molecule has 2 aromatic rings. The SMILES string of the molecule is CCc1ccc(NC(=O)C(=O)N2CCc3ccccc3C2)cc1. The van der Waals surface area contributed by atoms with Crippen LogP contribution in [0.2, 0.25) is 0 Å². The van der Waals surface area contributed by atoms with E-state index in [1.54, 1.807) is 4.90 Å². The number of carbonyl (C=O) groups is 2. The van der Waals surface area contributed by atoms with Crippen LogP contribution in [-0.2, 0) is 29.0 Å². The number of fused-ring (bicyclic) bond motifs is 1. The molecule has 1 N–H and O–H groups in total. The standard InChI is InChI=1S/C19H20N2O2/c1-2-14-7-9-17(10-8-14)20-18(22)19(23)21-12-11-15-5-3-4-6-16(15)13-21/h3-10H,2,11-13H2,1H3,(H,20,22). The molecular weight excluding hydrogens is 288 g/mol. The van der Waals surface area contributed by atoms with Gasteiger partial charge >= 0.3 is 11.8 Å². The molecule has 23 heavy (non-hydrogen) atoms. The molecule has 0 saturated heterocycles. The molecule has 0 radical (unpaired) electrons. The predicted octanol–water partition coefficient (Wildman–Crippen LogP) is 2.77. The second-order valence-electron chi connectivity index (χ2n) is 5.75. The van der Waals surface area contributed by atoms with E-state index in [1.165, 1.54) is 11.1 Å². The van der Waals surface area contributed by atoms with Gasteiger partial charge in [-0.3, -0.25) is 9.59 Å². The largest absolute Gasteiger partial charge is 0.330 e. The third-order valence-corrected chi connectivity index (χ3v) is 4.23. The lowest BCUT2D eigenvalue weighted by Gasteiger charge is -2.28. The van der Waals surface area contributed by atoms with E-state index in [-0.39, 0.29) is 0 Å².